The standard InChI is InChI=1S/C12H22N2O3Si/c1-5-12(18(15-2,16-3)17-4)14-11-8-6-7-10(13)9-11/h6-9,12,14H,5,13H2,1-4H3. The molecule has 0 aliphatic rings. The van der Waals surface area contributed by atoms with Crippen molar-refractivity contribution in [3.05, 3.63) is 24.3 Å². The quantitative estimate of drug-likeness (QED) is 0.585. The Bertz CT molecular complexity index is 364. The highest BCUT2D eigenvalue weighted by Crippen LogP contribution is 2.21. The van der Waals surface area contributed by atoms with Crippen LogP contribution >= 0.6 is 0 Å². The minimum atomic E-state index is -2.70. The lowest BCUT2D eigenvalue weighted by Gasteiger charge is -2.32. The Morgan fingerprint density at radius 2 is 1.83 bits per heavy atom. The van der Waals surface area contributed by atoms with Gasteiger partial charge >= 0.3 is 8.80 Å². The van der Waals surface area contributed by atoms with Crippen molar-refractivity contribution in [1.82, 2.24) is 0 Å². The van der Waals surface area contributed by atoms with E-state index in [0.717, 1.165) is 17.8 Å². The van der Waals surface area contributed by atoms with Crippen molar-refractivity contribution in [2.75, 3.05) is 32.4 Å². The van der Waals surface area contributed by atoms with Gasteiger partial charge in [-0.25, -0.2) is 0 Å². The maximum absolute atomic E-state index is 5.76. The topological polar surface area (TPSA) is 65.7 Å². The van der Waals surface area contributed by atoms with Gasteiger partial charge in [0.15, 0.2) is 0 Å². The van der Waals surface area contributed by atoms with E-state index in [9.17, 15) is 0 Å². The molecule has 0 spiro atoms. The van der Waals surface area contributed by atoms with E-state index in [2.05, 4.69) is 12.2 Å². The van der Waals surface area contributed by atoms with Crippen LogP contribution in [0.1, 0.15) is 13.3 Å². The van der Waals surface area contributed by atoms with Crippen molar-refractivity contribution in [2.24, 2.45) is 0 Å². The molecule has 0 aliphatic heterocycles. The van der Waals surface area contributed by atoms with Gasteiger partial charge < -0.3 is 24.3 Å². The normalized spacial score (nSPS) is 13.3. The zero-order valence-corrected chi connectivity index (χ0v) is 12.4. The van der Waals surface area contributed by atoms with Crippen molar-refractivity contribution < 1.29 is 13.3 Å². The average Bonchev–Trinajstić information content (AvgIpc) is 2.40. The zero-order chi connectivity index (χ0) is 13.6. The van der Waals surface area contributed by atoms with Crippen molar-refractivity contribution in [3.63, 3.8) is 0 Å². The Morgan fingerprint density at radius 3 is 2.28 bits per heavy atom. The van der Waals surface area contributed by atoms with E-state index in [0.29, 0.717) is 0 Å². The predicted octanol–water partition coefficient (Wildman–Crippen LogP) is 1.88. The van der Waals surface area contributed by atoms with Crippen LogP contribution in [0.3, 0.4) is 0 Å². The Morgan fingerprint density at radius 1 is 1.22 bits per heavy atom. The molecule has 3 N–H and O–H groups in total. The number of anilines is 2. The van der Waals surface area contributed by atoms with Gasteiger partial charge in [0.2, 0.25) is 0 Å². The van der Waals surface area contributed by atoms with Gasteiger partial charge in [-0.15, -0.1) is 0 Å². The molecule has 0 aliphatic carbocycles. The van der Waals surface area contributed by atoms with Crippen molar-refractivity contribution >= 4 is 20.2 Å². The van der Waals surface area contributed by atoms with E-state index in [-0.39, 0.29) is 5.67 Å². The van der Waals surface area contributed by atoms with Crippen LogP contribution < -0.4 is 11.1 Å². The van der Waals surface area contributed by atoms with Crippen LogP contribution in [0, 0.1) is 0 Å². The van der Waals surface area contributed by atoms with Crippen LogP contribution in [0.4, 0.5) is 11.4 Å². The summed E-state index contributed by atoms with van der Waals surface area (Å²) in [5.41, 5.74) is 7.40. The second-order valence-electron chi connectivity index (χ2n) is 3.95. The summed E-state index contributed by atoms with van der Waals surface area (Å²) in [6.45, 7) is 2.06. The monoisotopic (exact) mass is 270 g/mol. The molecule has 0 radical (unpaired) electrons. The van der Waals surface area contributed by atoms with Gasteiger partial charge in [0.25, 0.3) is 0 Å². The van der Waals surface area contributed by atoms with Gasteiger partial charge in [0, 0.05) is 32.7 Å². The smallest absolute Gasteiger partial charge is 0.399 e. The fourth-order valence-electron chi connectivity index (χ4n) is 1.95. The first-order valence-electron chi connectivity index (χ1n) is 5.89. The minimum absolute atomic E-state index is 0.0145. The van der Waals surface area contributed by atoms with Crippen LogP contribution in [-0.2, 0) is 13.3 Å². The third-order valence-corrected chi connectivity index (χ3v) is 6.03. The van der Waals surface area contributed by atoms with Gasteiger partial charge in [-0.3, -0.25) is 0 Å². The zero-order valence-electron chi connectivity index (χ0n) is 11.4. The second kappa shape index (κ2) is 6.74. The molecule has 0 fully saturated rings. The molecule has 18 heavy (non-hydrogen) atoms. The third kappa shape index (κ3) is 3.23. The molecule has 0 saturated heterocycles. The van der Waals surface area contributed by atoms with Gasteiger partial charge in [-0.05, 0) is 24.6 Å². The van der Waals surface area contributed by atoms with Gasteiger partial charge in [0.1, 0.15) is 0 Å². The van der Waals surface area contributed by atoms with Crippen LogP contribution in [0.15, 0.2) is 24.3 Å². The molecule has 1 rings (SSSR count). The van der Waals surface area contributed by atoms with E-state index >= 15 is 0 Å². The summed E-state index contributed by atoms with van der Waals surface area (Å²) in [4.78, 5) is 0. The summed E-state index contributed by atoms with van der Waals surface area (Å²) in [6, 6.07) is 7.59. The van der Waals surface area contributed by atoms with E-state index in [1.165, 1.54) is 0 Å². The third-order valence-electron chi connectivity index (χ3n) is 2.92. The highest BCUT2D eigenvalue weighted by molar-refractivity contribution is 6.63. The van der Waals surface area contributed by atoms with Crippen molar-refractivity contribution in [3.8, 4) is 0 Å². The summed E-state index contributed by atoms with van der Waals surface area (Å²) in [5, 5.41) is 3.37. The minimum Gasteiger partial charge on any atom is -0.399 e. The molecule has 0 amide bonds. The molecule has 0 heterocycles. The SMILES string of the molecule is CCC(Nc1cccc(N)c1)[Si](OC)(OC)OC. The summed E-state index contributed by atoms with van der Waals surface area (Å²) in [5.74, 6) is 0. The molecular formula is C12H22N2O3Si. The highest BCUT2D eigenvalue weighted by atomic mass is 28.4. The molecule has 0 aromatic heterocycles. The molecular weight excluding hydrogens is 248 g/mol. The van der Waals surface area contributed by atoms with Crippen molar-refractivity contribution in [1.29, 1.82) is 0 Å². The Balaban J connectivity index is 2.90. The fraction of sp³-hybridized carbons (Fsp3) is 0.500. The van der Waals surface area contributed by atoms with E-state index in [1.54, 1.807) is 21.3 Å². The Labute approximate surface area is 110 Å². The first-order valence-corrected chi connectivity index (χ1v) is 7.69. The predicted molar refractivity (Wildman–Crippen MR) is 75.3 cm³/mol. The molecule has 0 bridgehead atoms. The number of benzene rings is 1. The lowest BCUT2D eigenvalue weighted by atomic mass is 10.3. The van der Waals surface area contributed by atoms with Crippen LogP contribution in [0.25, 0.3) is 0 Å². The molecule has 5 nitrogen and oxygen atoms in total. The lowest BCUT2D eigenvalue weighted by molar-refractivity contribution is 0.115. The largest absolute Gasteiger partial charge is 0.523 e. The van der Waals surface area contributed by atoms with Crippen molar-refractivity contribution in [2.45, 2.75) is 19.0 Å². The fourth-order valence-corrected chi connectivity index (χ4v) is 4.14. The summed E-state index contributed by atoms with van der Waals surface area (Å²) in [7, 11) is 2.14. The lowest BCUT2D eigenvalue weighted by Crippen LogP contribution is -2.57. The number of nitrogens with one attached hydrogen (secondary N) is 1. The number of nitrogen functional groups attached to an aromatic ring is 1. The summed E-state index contributed by atoms with van der Waals surface area (Å²) < 4.78 is 16.5. The van der Waals surface area contributed by atoms with Crippen LogP contribution in [-0.4, -0.2) is 35.8 Å². The molecule has 0 saturated carbocycles. The summed E-state index contributed by atoms with van der Waals surface area (Å²) >= 11 is 0. The number of rotatable bonds is 7. The van der Waals surface area contributed by atoms with Gasteiger partial charge in [-0.1, -0.05) is 13.0 Å². The van der Waals surface area contributed by atoms with Crippen LogP contribution in [0.5, 0.6) is 0 Å². The Kier molecular flexibility index (Phi) is 5.61. The number of hydrogen-bond donors (Lipinski definition) is 2. The highest BCUT2D eigenvalue weighted by Gasteiger charge is 2.46. The molecule has 6 heteroatoms. The van der Waals surface area contributed by atoms with Crippen LogP contribution in [0.2, 0.25) is 0 Å². The first kappa shape index (κ1) is 15.0. The molecule has 1 unspecified atom stereocenters. The molecule has 1 aromatic carbocycles. The van der Waals surface area contributed by atoms with E-state index < -0.39 is 8.80 Å². The van der Waals surface area contributed by atoms with E-state index in [1.807, 2.05) is 24.3 Å². The summed E-state index contributed by atoms with van der Waals surface area (Å²) in [6.07, 6.45) is 0.830. The maximum Gasteiger partial charge on any atom is 0.523 e. The molecule has 102 valence electrons. The maximum atomic E-state index is 5.76. The number of nitrogens with two attached hydrogens (primary N) is 1. The second-order valence-corrected chi connectivity index (χ2v) is 7.08. The number of hydrogen-bond acceptors (Lipinski definition) is 5. The first-order chi connectivity index (χ1) is 8.61. The molecule has 1 aromatic rings. The average molecular weight is 270 g/mol. The van der Waals surface area contributed by atoms with E-state index in [4.69, 9.17) is 19.0 Å². The molecule has 1 atom stereocenters. The van der Waals surface area contributed by atoms with Gasteiger partial charge in [-0.2, -0.15) is 0 Å². The Hall–Kier alpha value is -1.08. The van der Waals surface area contributed by atoms with Gasteiger partial charge in [0.05, 0.1) is 5.67 Å².